The van der Waals surface area contributed by atoms with Gasteiger partial charge >= 0.3 is 0 Å². The maximum absolute atomic E-state index is 12.8. The molecular formula is C20H23N3O4S. The summed E-state index contributed by atoms with van der Waals surface area (Å²) in [5, 5.41) is 13.2. The van der Waals surface area contributed by atoms with E-state index in [4.69, 9.17) is 0 Å². The number of carbonyl (C=O) groups excluding carboxylic acids is 1. The first kappa shape index (κ1) is 20.0. The van der Waals surface area contributed by atoms with Crippen LogP contribution in [0.5, 0.6) is 5.75 Å². The van der Waals surface area contributed by atoms with Crippen LogP contribution in [0.4, 0.5) is 0 Å². The van der Waals surface area contributed by atoms with Gasteiger partial charge in [0.1, 0.15) is 5.75 Å². The van der Waals surface area contributed by atoms with Crippen LogP contribution in [0.2, 0.25) is 0 Å². The molecule has 1 aliphatic rings. The quantitative estimate of drug-likeness (QED) is 0.593. The fraction of sp³-hybridized carbons (Fsp3) is 0.300. The van der Waals surface area contributed by atoms with Gasteiger partial charge in [-0.15, -0.1) is 0 Å². The molecule has 0 spiro atoms. The number of hydrazone groups is 1. The standard InChI is InChI=1S/C20H23N3O4S/c1-15-4-10-19(11-5-15)28(26,27)23-12-2-3-17(14-23)20(25)22-21-13-16-6-8-18(24)9-7-16/h4-11,13,17,24H,2-3,12,14H2,1H3,(H,22,25)/b21-13+/t17-/m0/s1. The lowest BCUT2D eigenvalue weighted by atomic mass is 9.99. The monoisotopic (exact) mass is 401 g/mol. The van der Waals surface area contributed by atoms with Gasteiger partial charge in [0.2, 0.25) is 15.9 Å². The average Bonchev–Trinajstić information content (AvgIpc) is 2.70. The van der Waals surface area contributed by atoms with E-state index in [9.17, 15) is 18.3 Å². The van der Waals surface area contributed by atoms with Crippen molar-refractivity contribution in [2.45, 2.75) is 24.7 Å². The summed E-state index contributed by atoms with van der Waals surface area (Å²) >= 11 is 0. The molecule has 7 nitrogen and oxygen atoms in total. The van der Waals surface area contributed by atoms with E-state index in [0.29, 0.717) is 19.4 Å². The van der Waals surface area contributed by atoms with Crippen molar-refractivity contribution in [1.29, 1.82) is 0 Å². The number of nitrogens with zero attached hydrogens (tertiary/aromatic N) is 2. The van der Waals surface area contributed by atoms with Crippen molar-refractivity contribution in [3.8, 4) is 5.75 Å². The Morgan fingerprint density at radius 2 is 1.86 bits per heavy atom. The number of phenols is 1. The molecule has 148 valence electrons. The highest BCUT2D eigenvalue weighted by atomic mass is 32.2. The van der Waals surface area contributed by atoms with Gasteiger partial charge in [-0.2, -0.15) is 9.41 Å². The van der Waals surface area contributed by atoms with Gasteiger partial charge in [0.15, 0.2) is 0 Å². The van der Waals surface area contributed by atoms with Gasteiger partial charge in [-0.05, 0) is 61.7 Å². The molecule has 1 saturated heterocycles. The minimum atomic E-state index is -3.62. The van der Waals surface area contributed by atoms with Crippen LogP contribution in [0, 0.1) is 12.8 Å². The Balaban J connectivity index is 1.63. The molecule has 0 saturated carbocycles. The SMILES string of the molecule is Cc1ccc(S(=O)(=O)N2CCC[C@H](C(=O)N/N=C/c3ccc(O)cc3)C2)cc1. The fourth-order valence-electron chi connectivity index (χ4n) is 3.06. The maximum Gasteiger partial charge on any atom is 0.244 e. The van der Waals surface area contributed by atoms with E-state index < -0.39 is 15.9 Å². The molecule has 1 amide bonds. The van der Waals surface area contributed by atoms with Crippen LogP contribution in [-0.2, 0) is 14.8 Å². The zero-order valence-corrected chi connectivity index (χ0v) is 16.4. The van der Waals surface area contributed by atoms with Crippen molar-refractivity contribution >= 4 is 22.1 Å². The number of rotatable bonds is 5. The number of aryl methyl sites for hydroxylation is 1. The van der Waals surface area contributed by atoms with Crippen molar-refractivity contribution in [3.63, 3.8) is 0 Å². The Labute approximate surface area is 164 Å². The third kappa shape index (κ3) is 4.76. The fourth-order valence-corrected chi connectivity index (χ4v) is 4.58. The summed E-state index contributed by atoms with van der Waals surface area (Å²) in [5.74, 6) is -0.608. The van der Waals surface area contributed by atoms with Gasteiger partial charge in [-0.1, -0.05) is 17.7 Å². The molecule has 1 heterocycles. The number of hydrogen-bond donors (Lipinski definition) is 2. The number of nitrogens with one attached hydrogen (secondary N) is 1. The van der Waals surface area contributed by atoms with Gasteiger partial charge < -0.3 is 5.11 Å². The molecule has 2 N–H and O–H groups in total. The first-order valence-corrected chi connectivity index (χ1v) is 10.5. The van der Waals surface area contributed by atoms with E-state index in [1.807, 2.05) is 6.92 Å². The van der Waals surface area contributed by atoms with Crippen LogP contribution in [0.15, 0.2) is 58.5 Å². The van der Waals surface area contributed by atoms with E-state index in [2.05, 4.69) is 10.5 Å². The number of carbonyl (C=O) groups is 1. The highest BCUT2D eigenvalue weighted by molar-refractivity contribution is 7.89. The number of amides is 1. The zero-order valence-electron chi connectivity index (χ0n) is 15.6. The molecule has 1 atom stereocenters. The predicted octanol–water partition coefficient (Wildman–Crippen LogP) is 2.25. The second-order valence-corrected chi connectivity index (χ2v) is 8.78. The van der Waals surface area contributed by atoms with Crippen LogP contribution in [-0.4, -0.2) is 43.0 Å². The molecule has 0 aliphatic carbocycles. The van der Waals surface area contributed by atoms with Crippen LogP contribution in [0.1, 0.15) is 24.0 Å². The number of phenolic OH excluding ortho intramolecular Hbond substituents is 1. The molecule has 1 fully saturated rings. The summed E-state index contributed by atoms with van der Waals surface area (Å²) in [6.07, 6.45) is 2.70. The van der Waals surface area contributed by atoms with E-state index >= 15 is 0 Å². The normalized spacial score (nSPS) is 18.2. The second-order valence-electron chi connectivity index (χ2n) is 6.84. The Morgan fingerprint density at radius 1 is 1.18 bits per heavy atom. The number of sulfonamides is 1. The molecule has 2 aromatic rings. The van der Waals surface area contributed by atoms with Crippen molar-refractivity contribution in [1.82, 2.24) is 9.73 Å². The first-order valence-electron chi connectivity index (χ1n) is 9.05. The first-order chi connectivity index (χ1) is 13.4. The van der Waals surface area contributed by atoms with Crippen LogP contribution < -0.4 is 5.43 Å². The molecule has 8 heteroatoms. The minimum Gasteiger partial charge on any atom is -0.508 e. The maximum atomic E-state index is 12.8. The molecule has 3 rings (SSSR count). The third-order valence-corrected chi connectivity index (χ3v) is 6.57. The highest BCUT2D eigenvalue weighted by Crippen LogP contribution is 2.24. The molecular weight excluding hydrogens is 378 g/mol. The van der Waals surface area contributed by atoms with Gasteiger partial charge in [-0.25, -0.2) is 13.8 Å². The summed E-state index contributed by atoms with van der Waals surface area (Å²) in [4.78, 5) is 12.7. The molecule has 2 aromatic carbocycles. The largest absolute Gasteiger partial charge is 0.508 e. The lowest BCUT2D eigenvalue weighted by molar-refractivity contribution is -0.126. The zero-order chi connectivity index (χ0) is 20.1. The van der Waals surface area contributed by atoms with Crippen LogP contribution in [0.25, 0.3) is 0 Å². The van der Waals surface area contributed by atoms with E-state index in [0.717, 1.165) is 11.1 Å². The lowest BCUT2D eigenvalue weighted by Crippen LogP contribution is -2.44. The van der Waals surface area contributed by atoms with Crippen molar-refractivity contribution < 1.29 is 18.3 Å². The third-order valence-electron chi connectivity index (χ3n) is 4.70. The molecule has 0 aromatic heterocycles. The smallest absolute Gasteiger partial charge is 0.244 e. The molecule has 28 heavy (non-hydrogen) atoms. The summed E-state index contributed by atoms with van der Waals surface area (Å²) in [6, 6.07) is 13.1. The van der Waals surface area contributed by atoms with Gasteiger partial charge in [0, 0.05) is 13.1 Å². The van der Waals surface area contributed by atoms with Crippen molar-refractivity contribution in [2.75, 3.05) is 13.1 Å². The summed E-state index contributed by atoms with van der Waals surface area (Å²) in [5.41, 5.74) is 4.20. The summed E-state index contributed by atoms with van der Waals surface area (Å²) in [6.45, 7) is 2.43. The van der Waals surface area contributed by atoms with E-state index in [-0.39, 0.29) is 23.1 Å². The topological polar surface area (TPSA) is 99.1 Å². The van der Waals surface area contributed by atoms with Gasteiger partial charge in [0.25, 0.3) is 0 Å². The Kier molecular flexibility index (Phi) is 6.11. The molecule has 0 bridgehead atoms. The predicted molar refractivity (Wildman–Crippen MR) is 107 cm³/mol. The van der Waals surface area contributed by atoms with Crippen molar-refractivity contribution in [2.24, 2.45) is 11.0 Å². The van der Waals surface area contributed by atoms with Gasteiger partial charge in [0.05, 0.1) is 17.0 Å². The molecule has 0 unspecified atom stereocenters. The highest BCUT2D eigenvalue weighted by Gasteiger charge is 2.33. The summed E-state index contributed by atoms with van der Waals surface area (Å²) < 4.78 is 27.0. The Morgan fingerprint density at radius 3 is 2.54 bits per heavy atom. The number of piperidine rings is 1. The Hall–Kier alpha value is -2.71. The number of hydrogen-bond acceptors (Lipinski definition) is 5. The Bertz CT molecular complexity index is 954. The molecule has 1 aliphatic heterocycles. The van der Waals surface area contributed by atoms with Crippen LogP contribution >= 0.6 is 0 Å². The average molecular weight is 401 g/mol. The van der Waals surface area contributed by atoms with E-state index in [1.165, 1.54) is 22.7 Å². The number of aromatic hydroxyl groups is 1. The summed E-state index contributed by atoms with van der Waals surface area (Å²) in [7, 11) is -3.62. The molecule has 0 radical (unpaired) electrons. The minimum absolute atomic E-state index is 0.136. The number of benzene rings is 2. The van der Waals surface area contributed by atoms with E-state index in [1.54, 1.807) is 36.4 Å². The second kappa shape index (κ2) is 8.53. The lowest BCUT2D eigenvalue weighted by Gasteiger charge is -2.30. The van der Waals surface area contributed by atoms with Crippen molar-refractivity contribution in [3.05, 3.63) is 59.7 Å². The van der Waals surface area contributed by atoms with Gasteiger partial charge in [-0.3, -0.25) is 4.79 Å². The van der Waals surface area contributed by atoms with Crippen LogP contribution in [0.3, 0.4) is 0 Å².